The average molecular weight is 347 g/mol. The van der Waals surface area contributed by atoms with Crippen molar-refractivity contribution >= 4 is 44.6 Å². The number of nitrogen functional groups attached to an aromatic ring is 1. The van der Waals surface area contributed by atoms with Gasteiger partial charge in [-0.25, -0.2) is 8.42 Å². The van der Waals surface area contributed by atoms with Crippen LogP contribution in [0.5, 0.6) is 5.75 Å². The number of benzene rings is 2. The normalized spacial score (nSPS) is 11.2. The largest absolute Gasteiger partial charge is 0.495 e. The zero-order chi connectivity index (χ0) is 15.6. The number of anilines is 2. The molecule has 0 fully saturated rings. The van der Waals surface area contributed by atoms with E-state index in [0.717, 1.165) is 0 Å². The molecule has 0 unspecified atom stereocenters. The first kappa shape index (κ1) is 15.8. The van der Waals surface area contributed by atoms with Crippen LogP contribution in [0.15, 0.2) is 41.3 Å². The molecule has 0 spiro atoms. The number of hydrogen-bond donors (Lipinski definition) is 2. The van der Waals surface area contributed by atoms with Crippen molar-refractivity contribution in [2.75, 3.05) is 17.6 Å². The molecule has 0 aliphatic heterocycles. The minimum absolute atomic E-state index is 0.0448. The third kappa shape index (κ3) is 3.53. The molecule has 21 heavy (non-hydrogen) atoms. The number of methoxy groups -OCH3 is 1. The molecule has 0 atom stereocenters. The molecule has 0 amide bonds. The Balaban J connectivity index is 2.37. The molecule has 2 aromatic carbocycles. The standard InChI is InChI=1S/C13H12Cl2N2O3S/c1-20-12-7-9(3-4-10(12)14)17-21(18,19)13-5-2-8(16)6-11(13)15/h2-7,17H,16H2,1H3. The van der Waals surface area contributed by atoms with Crippen molar-refractivity contribution < 1.29 is 13.2 Å². The van der Waals surface area contributed by atoms with Crippen molar-refractivity contribution in [2.45, 2.75) is 4.90 Å². The van der Waals surface area contributed by atoms with Gasteiger partial charge in [-0.2, -0.15) is 0 Å². The van der Waals surface area contributed by atoms with E-state index in [0.29, 0.717) is 22.1 Å². The molecule has 2 aromatic rings. The Morgan fingerprint density at radius 1 is 1.10 bits per heavy atom. The van der Waals surface area contributed by atoms with Gasteiger partial charge in [0.2, 0.25) is 0 Å². The van der Waals surface area contributed by atoms with Gasteiger partial charge >= 0.3 is 0 Å². The summed E-state index contributed by atoms with van der Waals surface area (Å²) in [6.45, 7) is 0. The van der Waals surface area contributed by atoms with E-state index < -0.39 is 10.0 Å². The highest BCUT2D eigenvalue weighted by Crippen LogP contribution is 2.30. The lowest BCUT2D eigenvalue weighted by Gasteiger charge is -2.11. The summed E-state index contributed by atoms with van der Waals surface area (Å²) in [6, 6.07) is 8.70. The first-order valence-electron chi connectivity index (χ1n) is 5.75. The third-order valence-corrected chi connectivity index (χ3v) is 4.83. The Labute approximate surface area is 132 Å². The first-order chi connectivity index (χ1) is 9.83. The monoisotopic (exact) mass is 346 g/mol. The van der Waals surface area contributed by atoms with Gasteiger partial charge in [-0.05, 0) is 30.3 Å². The van der Waals surface area contributed by atoms with E-state index in [-0.39, 0.29) is 9.92 Å². The van der Waals surface area contributed by atoms with Crippen LogP contribution in [-0.2, 0) is 10.0 Å². The quantitative estimate of drug-likeness (QED) is 0.831. The summed E-state index contributed by atoms with van der Waals surface area (Å²) in [6.07, 6.45) is 0. The smallest absolute Gasteiger partial charge is 0.263 e. The number of nitrogens with one attached hydrogen (secondary N) is 1. The molecule has 8 heteroatoms. The van der Waals surface area contributed by atoms with E-state index in [1.165, 1.54) is 43.5 Å². The van der Waals surface area contributed by atoms with E-state index in [9.17, 15) is 8.42 Å². The zero-order valence-electron chi connectivity index (χ0n) is 10.9. The maximum Gasteiger partial charge on any atom is 0.263 e. The van der Waals surface area contributed by atoms with Gasteiger partial charge in [-0.3, -0.25) is 4.72 Å². The molecule has 0 saturated carbocycles. The van der Waals surface area contributed by atoms with Crippen LogP contribution >= 0.6 is 23.2 Å². The predicted octanol–water partition coefficient (Wildman–Crippen LogP) is 3.39. The number of ether oxygens (including phenoxy) is 1. The fraction of sp³-hybridized carbons (Fsp3) is 0.0769. The van der Waals surface area contributed by atoms with E-state index in [2.05, 4.69) is 4.72 Å². The SMILES string of the molecule is COc1cc(NS(=O)(=O)c2ccc(N)cc2Cl)ccc1Cl. The average Bonchev–Trinajstić information content (AvgIpc) is 2.40. The highest BCUT2D eigenvalue weighted by molar-refractivity contribution is 7.92. The van der Waals surface area contributed by atoms with Crippen molar-refractivity contribution in [1.29, 1.82) is 0 Å². The second kappa shape index (κ2) is 6.01. The molecule has 0 aromatic heterocycles. The molecular formula is C13H12Cl2N2O3S. The molecule has 0 heterocycles. The van der Waals surface area contributed by atoms with E-state index in [1.54, 1.807) is 0 Å². The summed E-state index contributed by atoms with van der Waals surface area (Å²) < 4.78 is 32.1. The molecule has 0 bridgehead atoms. The number of hydrogen-bond acceptors (Lipinski definition) is 4. The second-order valence-electron chi connectivity index (χ2n) is 4.14. The van der Waals surface area contributed by atoms with Crippen LogP contribution in [0.3, 0.4) is 0 Å². The van der Waals surface area contributed by atoms with Crippen molar-refractivity contribution in [3.8, 4) is 5.75 Å². The van der Waals surface area contributed by atoms with Crippen molar-refractivity contribution in [3.05, 3.63) is 46.4 Å². The van der Waals surface area contributed by atoms with Gasteiger partial charge in [0.15, 0.2) is 0 Å². The molecule has 0 radical (unpaired) electrons. The number of sulfonamides is 1. The van der Waals surface area contributed by atoms with Gasteiger partial charge in [0.25, 0.3) is 10.0 Å². The van der Waals surface area contributed by atoms with Crippen LogP contribution < -0.4 is 15.2 Å². The predicted molar refractivity (Wildman–Crippen MR) is 84.7 cm³/mol. The van der Waals surface area contributed by atoms with Gasteiger partial charge in [0.1, 0.15) is 10.6 Å². The Hall–Kier alpha value is -1.63. The highest BCUT2D eigenvalue weighted by Gasteiger charge is 2.18. The molecule has 0 aliphatic rings. The van der Waals surface area contributed by atoms with Crippen LogP contribution in [0.2, 0.25) is 10.0 Å². The number of nitrogens with two attached hydrogens (primary N) is 1. The van der Waals surface area contributed by atoms with Gasteiger partial charge in [0.05, 0.1) is 22.8 Å². The van der Waals surface area contributed by atoms with Gasteiger partial charge in [-0.15, -0.1) is 0 Å². The van der Waals surface area contributed by atoms with Crippen LogP contribution in [0.4, 0.5) is 11.4 Å². The van der Waals surface area contributed by atoms with Crippen molar-refractivity contribution in [3.63, 3.8) is 0 Å². The lowest BCUT2D eigenvalue weighted by Crippen LogP contribution is -2.13. The van der Waals surface area contributed by atoms with Gasteiger partial charge in [0, 0.05) is 11.8 Å². The third-order valence-electron chi connectivity index (χ3n) is 2.65. The van der Waals surface area contributed by atoms with Gasteiger partial charge in [-0.1, -0.05) is 23.2 Å². The lowest BCUT2D eigenvalue weighted by atomic mass is 10.3. The summed E-state index contributed by atoms with van der Waals surface area (Å²) in [5.74, 6) is 0.361. The fourth-order valence-corrected chi connectivity index (χ4v) is 3.47. The van der Waals surface area contributed by atoms with Gasteiger partial charge < -0.3 is 10.5 Å². The van der Waals surface area contributed by atoms with Crippen molar-refractivity contribution in [2.24, 2.45) is 0 Å². The topological polar surface area (TPSA) is 81.4 Å². The van der Waals surface area contributed by atoms with E-state index >= 15 is 0 Å². The molecule has 112 valence electrons. The molecule has 2 rings (SSSR count). The maximum absolute atomic E-state index is 12.3. The summed E-state index contributed by atoms with van der Waals surface area (Å²) in [5.41, 5.74) is 6.24. The molecule has 0 aliphatic carbocycles. The molecule has 5 nitrogen and oxygen atoms in total. The van der Waals surface area contributed by atoms with Crippen LogP contribution in [0.25, 0.3) is 0 Å². The molecule has 0 saturated heterocycles. The summed E-state index contributed by atoms with van der Waals surface area (Å²) in [7, 11) is -2.39. The van der Waals surface area contributed by atoms with Crippen LogP contribution in [0, 0.1) is 0 Å². The van der Waals surface area contributed by atoms with Crippen LogP contribution in [0.1, 0.15) is 0 Å². The Kier molecular flexibility index (Phi) is 4.51. The van der Waals surface area contributed by atoms with E-state index in [4.69, 9.17) is 33.7 Å². The van der Waals surface area contributed by atoms with Crippen molar-refractivity contribution in [1.82, 2.24) is 0 Å². The Bertz CT molecular complexity index is 779. The Morgan fingerprint density at radius 2 is 1.81 bits per heavy atom. The minimum atomic E-state index is -3.83. The summed E-state index contributed by atoms with van der Waals surface area (Å²) >= 11 is 11.8. The maximum atomic E-state index is 12.3. The van der Waals surface area contributed by atoms with Crippen LogP contribution in [-0.4, -0.2) is 15.5 Å². The molecular weight excluding hydrogens is 335 g/mol. The first-order valence-corrected chi connectivity index (χ1v) is 7.99. The number of rotatable bonds is 4. The minimum Gasteiger partial charge on any atom is -0.495 e. The fourth-order valence-electron chi connectivity index (χ4n) is 1.67. The molecule has 3 N–H and O–H groups in total. The second-order valence-corrected chi connectivity index (χ2v) is 6.61. The zero-order valence-corrected chi connectivity index (χ0v) is 13.3. The number of halogens is 2. The highest BCUT2D eigenvalue weighted by atomic mass is 35.5. The lowest BCUT2D eigenvalue weighted by molar-refractivity contribution is 0.415. The van der Waals surface area contributed by atoms with E-state index in [1.807, 2.05) is 0 Å². The summed E-state index contributed by atoms with van der Waals surface area (Å²) in [5, 5.41) is 0.425. The summed E-state index contributed by atoms with van der Waals surface area (Å²) in [4.78, 5) is -0.0627. The Morgan fingerprint density at radius 3 is 2.43 bits per heavy atom.